The van der Waals surface area contributed by atoms with Gasteiger partial charge in [-0.05, 0) is 63.7 Å². The van der Waals surface area contributed by atoms with Crippen LogP contribution in [0.2, 0.25) is 0 Å². The molecule has 3 nitrogen and oxygen atoms in total. The summed E-state index contributed by atoms with van der Waals surface area (Å²) >= 11 is 13.1. The zero-order chi connectivity index (χ0) is 12.5. The van der Waals surface area contributed by atoms with E-state index in [2.05, 4.69) is 68.5 Å². The monoisotopic (exact) mass is 473 g/mol. The quantitative estimate of drug-likeness (QED) is 0.343. The molecule has 0 bridgehead atoms. The molecule has 1 rings (SSSR count). The van der Waals surface area contributed by atoms with E-state index in [0.717, 1.165) is 0 Å². The first kappa shape index (κ1) is 14.2. The molecule has 0 unspecified atom stereocenters. The highest BCUT2D eigenvalue weighted by molar-refractivity contribution is 9.15. The fourth-order valence-corrected chi connectivity index (χ4v) is 3.40. The molecule has 0 aliphatic carbocycles. The van der Waals surface area contributed by atoms with Crippen molar-refractivity contribution in [3.63, 3.8) is 0 Å². The van der Waals surface area contributed by atoms with Crippen LogP contribution in [0.25, 0.3) is 0 Å². The molecule has 0 atom stereocenters. The van der Waals surface area contributed by atoms with Crippen molar-refractivity contribution in [2.75, 3.05) is 7.11 Å². The summed E-state index contributed by atoms with van der Waals surface area (Å²) < 4.78 is 6.91. The van der Waals surface area contributed by atoms with Crippen LogP contribution in [0, 0.1) is 11.3 Å². The van der Waals surface area contributed by atoms with Gasteiger partial charge in [0.15, 0.2) is 0 Å². The number of rotatable bonds is 1. The minimum atomic E-state index is -0.572. The molecule has 1 aromatic carbocycles. The Morgan fingerprint density at radius 2 is 1.62 bits per heavy atom. The van der Waals surface area contributed by atoms with Crippen LogP contribution in [0.3, 0.4) is 0 Å². The third-order valence-electron chi connectivity index (χ3n) is 1.77. The third kappa shape index (κ3) is 2.35. The van der Waals surface area contributed by atoms with Crippen LogP contribution in [0.15, 0.2) is 17.9 Å². The van der Waals surface area contributed by atoms with Gasteiger partial charge in [-0.3, -0.25) is 0 Å². The van der Waals surface area contributed by atoms with Gasteiger partial charge in [0.1, 0.15) is 6.07 Å². The Labute approximate surface area is 126 Å². The standard InChI is InChI=1S/C9H3Br4NO2/c1-16-9(15)4-3(2-14)5(10)7(12)8(13)6(4)11/h1H3. The van der Waals surface area contributed by atoms with E-state index in [9.17, 15) is 4.79 Å². The van der Waals surface area contributed by atoms with Gasteiger partial charge in [0.05, 0.1) is 22.7 Å². The minimum Gasteiger partial charge on any atom is -0.465 e. The molecule has 0 aromatic heterocycles. The molecule has 0 radical (unpaired) electrons. The number of carbonyl (C=O) groups excluding carboxylic acids is 1. The molecule has 0 heterocycles. The lowest BCUT2D eigenvalue weighted by molar-refractivity contribution is 0.0599. The van der Waals surface area contributed by atoms with E-state index in [1.165, 1.54) is 7.11 Å². The molecule has 0 amide bonds. The predicted octanol–water partition coefficient (Wildman–Crippen LogP) is 4.39. The normalized spacial score (nSPS) is 9.75. The highest BCUT2D eigenvalue weighted by Gasteiger charge is 2.24. The van der Waals surface area contributed by atoms with Gasteiger partial charge in [-0.2, -0.15) is 5.26 Å². The SMILES string of the molecule is COC(=O)c1c(Br)c(Br)c(Br)c(Br)c1C#N. The lowest BCUT2D eigenvalue weighted by Gasteiger charge is -2.11. The number of halogens is 4. The number of nitriles is 1. The number of hydrogen-bond acceptors (Lipinski definition) is 3. The first-order chi connectivity index (χ1) is 7.45. The van der Waals surface area contributed by atoms with Gasteiger partial charge in [-0.1, -0.05) is 0 Å². The molecule has 16 heavy (non-hydrogen) atoms. The average Bonchev–Trinajstić information content (AvgIpc) is 2.29. The van der Waals surface area contributed by atoms with E-state index >= 15 is 0 Å². The van der Waals surface area contributed by atoms with Crippen LogP contribution in [-0.2, 0) is 4.74 Å². The van der Waals surface area contributed by atoms with Crippen LogP contribution in [-0.4, -0.2) is 13.1 Å². The van der Waals surface area contributed by atoms with Crippen LogP contribution in [0.1, 0.15) is 15.9 Å². The van der Waals surface area contributed by atoms with Crippen molar-refractivity contribution in [1.82, 2.24) is 0 Å². The van der Waals surface area contributed by atoms with E-state index in [-0.39, 0.29) is 11.1 Å². The highest BCUT2D eigenvalue weighted by Crippen LogP contribution is 2.41. The minimum absolute atomic E-state index is 0.187. The number of hydrogen-bond donors (Lipinski definition) is 0. The Morgan fingerprint density at radius 1 is 1.12 bits per heavy atom. The number of benzene rings is 1. The number of nitrogens with zero attached hydrogens (tertiary/aromatic N) is 1. The largest absolute Gasteiger partial charge is 0.465 e. The van der Waals surface area contributed by atoms with E-state index in [1.807, 2.05) is 6.07 Å². The van der Waals surface area contributed by atoms with Gasteiger partial charge < -0.3 is 4.74 Å². The number of methoxy groups -OCH3 is 1. The number of carbonyl (C=O) groups is 1. The van der Waals surface area contributed by atoms with Gasteiger partial charge in [-0.15, -0.1) is 0 Å². The molecule has 0 N–H and O–H groups in total. The molecule has 84 valence electrons. The van der Waals surface area contributed by atoms with Crippen molar-refractivity contribution >= 4 is 69.7 Å². The van der Waals surface area contributed by atoms with Crippen molar-refractivity contribution < 1.29 is 9.53 Å². The number of ether oxygens (including phenoxy) is 1. The lowest BCUT2D eigenvalue weighted by Crippen LogP contribution is -2.07. The summed E-state index contributed by atoms with van der Waals surface area (Å²) in [6.07, 6.45) is 0. The molecular formula is C9H3Br4NO2. The zero-order valence-corrected chi connectivity index (χ0v) is 14.1. The molecule has 0 aliphatic rings. The van der Waals surface area contributed by atoms with E-state index < -0.39 is 5.97 Å². The molecule has 0 aliphatic heterocycles. The van der Waals surface area contributed by atoms with Crippen molar-refractivity contribution in [3.8, 4) is 6.07 Å². The Kier molecular flexibility index (Phi) is 4.98. The van der Waals surface area contributed by atoms with Gasteiger partial charge in [0.25, 0.3) is 0 Å². The Morgan fingerprint density at radius 3 is 2.06 bits per heavy atom. The predicted molar refractivity (Wildman–Crippen MR) is 73.3 cm³/mol. The fraction of sp³-hybridized carbons (Fsp3) is 0.111. The molecule has 0 saturated heterocycles. The first-order valence-electron chi connectivity index (χ1n) is 3.80. The molecule has 0 saturated carbocycles. The van der Waals surface area contributed by atoms with Crippen LogP contribution < -0.4 is 0 Å². The first-order valence-corrected chi connectivity index (χ1v) is 6.97. The summed E-state index contributed by atoms with van der Waals surface area (Å²) in [5.41, 5.74) is 0.403. The van der Waals surface area contributed by atoms with Crippen LogP contribution in [0.4, 0.5) is 0 Å². The average molecular weight is 477 g/mol. The molecule has 0 fully saturated rings. The van der Waals surface area contributed by atoms with Crippen LogP contribution >= 0.6 is 63.7 Å². The summed E-state index contributed by atoms with van der Waals surface area (Å²) in [7, 11) is 1.26. The zero-order valence-electron chi connectivity index (χ0n) is 7.78. The topological polar surface area (TPSA) is 50.1 Å². The highest BCUT2D eigenvalue weighted by atomic mass is 79.9. The fourth-order valence-electron chi connectivity index (χ4n) is 1.03. The van der Waals surface area contributed by atoms with Crippen molar-refractivity contribution in [3.05, 3.63) is 29.0 Å². The van der Waals surface area contributed by atoms with Crippen LogP contribution in [0.5, 0.6) is 0 Å². The summed E-state index contributed by atoms with van der Waals surface area (Å²) in [5, 5.41) is 9.04. The van der Waals surface area contributed by atoms with Gasteiger partial charge in [-0.25, -0.2) is 4.79 Å². The number of esters is 1. The molecule has 0 spiro atoms. The lowest BCUT2D eigenvalue weighted by atomic mass is 10.1. The maximum atomic E-state index is 11.6. The molecule has 7 heteroatoms. The molecular weight excluding hydrogens is 474 g/mol. The second kappa shape index (κ2) is 5.63. The second-order valence-corrected chi connectivity index (χ2v) is 5.78. The summed E-state index contributed by atoms with van der Waals surface area (Å²) in [5.74, 6) is -0.572. The van der Waals surface area contributed by atoms with E-state index in [0.29, 0.717) is 17.9 Å². The Hall–Kier alpha value is 0.1000. The summed E-state index contributed by atoms with van der Waals surface area (Å²) in [6, 6.07) is 1.96. The van der Waals surface area contributed by atoms with Gasteiger partial charge in [0.2, 0.25) is 0 Å². The van der Waals surface area contributed by atoms with Crippen molar-refractivity contribution in [2.45, 2.75) is 0 Å². The summed E-state index contributed by atoms with van der Waals surface area (Å²) in [6.45, 7) is 0. The van der Waals surface area contributed by atoms with E-state index in [4.69, 9.17) is 5.26 Å². The third-order valence-corrected chi connectivity index (χ3v) is 6.54. The smallest absolute Gasteiger partial charge is 0.340 e. The maximum Gasteiger partial charge on any atom is 0.340 e. The van der Waals surface area contributed by atoms with Crippen molar-refractivity contribution in [2.24, 2.45) is 0 Å². The molecule has 1 aromatic rings. The Balaban J connectivity index is 3.73. The van der Waals surface area contributed by atoms with Gasteiger partial charge >= 0.3 is 5.97 Å². The van der Waals surface area contributed by atoms with Gasteiger partial charge in [0, 0.05) is 13.4 Å². The van der Waals surface area contributed by atoms with Crippen molar-refractivity contribution in [1.29, 1.82) is 5.26 Å². The second-order valence-electron chi connectivity index (χ2n) is 2.61. The van der Waals surface area contributed by atoms with E-state index in [1.54, 1.807) is 0 Å². The Bertz CT molecular complexity index is 507. The maximum absolute atomic E-state index is 11.6. The summed E-state index contributed by atoms with van der Waals surface area (Å²) in [4.78, 5) is 11.6.